The van der Waals surface area contributed by atoms with Crippen molar-refractivity contribution < 1.29 is 29.8 Å². The van der Waals surface area contributed by atoms with E-state index in [0.29, 0.717) is 0 Å². The molecular weight excluding hydrogens is 255 g/mol. The average molecular weight is 265 g/mol. The van der Waals surface area contributed by atoms with E-state index in [-0.39, 0.29) is 20.4 Å². The standard InChI is InChI=1S/C10H10N2.Pd/c1-3-7-11(8-4-1)12-9-5-2-6-10-12;/h1-10H;/q+2;. The molecule has 0 bridgehead atoms. The van der Waals surface area contributed by atoms with Gasteiger partial charge in [0.15, 0.2) is 0 Å². The molecule has 0 aliphatic carbocycles. The molecule has 0 fully saturated rings. The molecular formula is C10H10N2Pd+2. The van der Waals surface area contributed by atoms with Gasteiger partial charge in [-0.1, -0.05) is 0 Å². The van der Waals surface area contributed by atoms with Gasteiger partial charge in [-0.05, 0) is 12.1 Å². The molecule has 2 nitrogen and oxygen atoms in total. The molecule has 3 heteroatoms. The van der Waals surface area contributed by atoms with E-state index in [4.69, 9.17) is 0 Å². The van der Waals surface area contributed by atoms with Crippen LogP contribution in [0, 0.1) is 0 Å². The van der Waals surface area contributed by atoms with Gasteiger partial charge in [0.25, 0.3) is 0 Å². The summed E-state index contributed by atoms with van der Waals surface area (Å²) in [6.07, 6.45) is 8.00. The minimum Gasteiger partial charge on any atom is -0.0499 e. The summed E-state index contributed by atoms with van der Waals surface area (Å²) < 4.78 is 4.00. The van der Waals surface area contributed by atoms with Crippen molar-refractivity contribution in [2.45, 2.75) is 0 Å². The summed E-state index contributed by atoms with van der Waals surface area (Å²) in [7, 11) is 0. The molecule has 0 aromatic carbocycles. The van der Waals surface area contributed by atoms with Crippen molar-refractivity contribution in [3.05, 3.63) is 61.2 Å². The maximum atomic E-state index is 2.00. The molecule has 0 unspecified atom stereocenters. The number of hydrogen-bond donors (Lipinski definition) is 0. The topological polar surface area (TPSA) is 7.76 Å². The Labute approximate surface area is 91.1 Å². The molecule has 0 saturated carbocycles. The molecule has 0 aliphatic heterocycles. The first-order valence-electron chi connectivity index (χ1n) is 3.90. The van der Waals surface area contributed by atoms with Crippen LogP contribution in [0.1, 0.15) is 0 Å². The van der Waals surface area contributed by atoms with Crippen LogP contribution in [-0.4, -0.2) is 0 Å². The van der Waals surface area contributed by atoms with Gasteiger partial charge in [0.2, 0.25) is 24.8 Å². The molecule has 0 amide bonds. The van der Waals surface area contributed by atoms with Crippen molar-refractivity contribution in [3.8, 4) is 0 Å². The summed E-state index contributed by atoms with van der Waals surface area (Å²) in [4.78, 5) is 0. The van der Waals surface area contributed by atoms with Crippen molar-refractivity contribution >= 4 is 0 Å². The van der Waals surface area contributed by atoms with E-state index in [1.807, 2.05) is 70.5 Å². The molecule has 0 spiro atoms. The summed E-state index contributed by atoms with van der Waals surface area (Å²) in [5.41, 5.74) is 0. The fourth-order valence-electron chi connectivity index (χ4n) is 1.09. The van der Waals surface area contributed by atoms with Gasteiger partial charge >= 0.3 is 0 Å². The first-order valence-corrected chi connectivity index (χ1v) is 3.90. The number of rotatable bonds is 1. The Hall–Kier alpha value is -1.04. The summed E-state index contributed by atoms with van der Waals surface area (Å²) >= 11 is 0. The van der Waals surface area contributed by atoms with Crippen molar-refractivity contribution in [3.63, 3.8) is 0 Å². The smallest absolute Gasteiger partial charge is 0.0499 e. The van der Waals surface area contributed by atoms with Gasteiger partial charge in [-0.25, -0.2) is 0 Å². The van der Waals surface area contributed by atoms with Crippen molar-refractivity contribution in [1.29, 1.82) is 0 Å². The van der Waals surface area contributed by atoms with Crippen molar-refractivity contribution in [2.24, 2.45) is 0 Å². The predicted molar refractivity (Wildman–Crippen MR) is 44.1 cm³/mol. The summed E-state index contributed by atoms with van der Waals surface area (Å²) in [6, 6.07) is 12.0. The van der Waals surface area contributed by atoms with Gasteiger partial charge in [0.05, 0.1) is 9.35 Å². The number of hydrogen-bond acceptors (Lipinski definition) is 0. The average Bonchev–Trinajstić information content (AvgIpc) is 2.21. The molecule has 2 heterocycles. The second kappa shape index (κ2) is 4.86. The van der Waals surface area contributed by atoms with Gasteiger partial charge in [0.1, 0.15) is 0 Å². The van der Waals surface area contributed by atoms with Crippen LogP contribution in [0.5, 0.6) is 0 Å². The van der Waals surface area contributed by atoms with Crippen LogP contribution in [0.4, 0.5) is 0 Å². The van der Waals surface area contributed by atoms with Crippen molar-refractivity contribution in [1.82, 2.24) is 0 Å². The zero-order valence-corrected chi connectivity index (χ0v) is 8.54. The fraction of sp³-hybridized carbons (Fsp3) is 0. The van der Waals surface area contributed by atoms with E-state index in [9.17, 15) is 0 Å². The second-order valence-electron chi connectivity index (χ2n) is 2.51. The summed E-state index contributed by atoms with van der Waals surface area (Å²) in [5.74, 6) is 0. The van der Waals surface area contributed by atoms with E-state index in [1.165, 1.54) is 0 Å². The van der Waals surface area contributed by atoms with Crippen LogP contribution in [0.25, 0.3) is 0 Å². The molecule has 2 rings (SSSR count). The van der Waals surface area contributed by atoms with Gasteiger partial charge in [0, 0.05) is 44.7 Å². The van der Waals surface area contributed by atoms with Crippen LogP contribution in [-0.2, 0) is 20.4 Å². The molecule has 13 heavy (non-hydrogen) atoms. The largest absolute Gasteiger partial charge is 0.242 e. The van der Waals surface area contributed by atoms with Gasteiger partial charge in [-0.3, -0.25) is 0 Å². The fourth-order valence-corrected chi connectivity index (χ4v) is 1.09. The van der Waals surface area contributed by atoms with Gasteiger partial charge in [-0.15, -0.1) is 0 Å². The molecule has 0 aliphatic rings. The normalized spacial score (nSPS) is 8.92. The van der Waals surface area contributed by atoms with E-state index >= 15 is 0 Å². The Morgan fingerprint density at radius 2 is 0.769 bits per heavy atom. The third-order valence-electron chi connectivity index (χ3n) is 1.67. The molecule has 2 aromatic heterocycles. The number of pyridine rings is 2. The van der Waals surface area contributed by atoms with Crippen LogP contribution >= 0.6 is 0 Å². The number of aromatic nitrogens is 2. The van der Waals surface area contributed by atoms with E-state index < -0.39 is 0 Å². The Kier molecular flexibility index (Phi) is 3.76. The summed E-state index contributed by atoms with van der Waals surface area (Å²) in [6.45, 7) is 0. The molecule has 0 saturated heterocycles. The maximum Gasteiger partial charge on any atom is 0.242 e. The van der Waals surface area contributed by atoms with Gasteiger partial charge in [-0.2, -0.15) is 0 Å². The molecule has 2 aromatic rings. The maximum absolute atomic E-state index is 2.00. The van der Waals surface area contributed by atoms with Crippen LogP contribution < -0.4 is 9.35 Å². The molecule has 0 N–H and O–H groups in total. The molecule has 68 valence electrons. The first-order chi connectivity index (χ1) is 5.97. The third-order valence-corrected chi connectivity index (χ3v) is 1.67. The molecule has 0 radical (unpaired) electrons. The Morgan fingerprint density at radius 1 is 0.462 bits per heavy atom. The Morgan fingerprint density at radius 3 is 1.08 bits per heavy atom. The zero-order valence-electron chi connectivity index (χ0n) is 6.98. The quantitative estimate of drug-likeness (QED) is 0.526. The Balaban J connectivity index is 0.000000845. The van der Waals surface area contributed by atoms with Crippen LogP contribution in [0.2, 0.25) is 0 Å². The van der Waals surface area contributed by atoms with Gasteiger partial charge < -0.3 is 0 Å². The summed E-state index contributed by atoms with van der Waals surface area (Å²) in [5, 5.41) is 0. The second-order valence-corrected chi connectivity index (χ2v) is 2.51. The van der Waals surface area contributed by atoms with E-state index in [2.05, 4.69) is 0 Å². The van der Waals surface area contributed by atoms with E-state index in [1.54, 1.807) is 0 Å². The molecule has 0 atom stereocenters. The van der Waals surface area contributed by atoms with Crippen LogP contribution in [0.3, 0.4) is 0 Å². The SMILES string of the molecule is [Pd].c1cc[n+](-[n+]2ccccc2)cc1. The first kappa shape index (κ1) is 10.0. The monoisotopic (exact) mass is 264 g/mol. The zero-order chi connectivity index (χ0) is 8.23. The predicted octanol–water partition coefficient (Wildman–Crippen LogP) is 0.570. The van der Waals surface area contributed by atoms with Crippen molar-refractivity contribution in [2.75, 3.05) is 0 Å². The Bertz CT molecular complexity index is 310. The minimum atomic E-state index is 0. The third kappa shape index (κ3) is 2.45. The van der Waals surface area contributed by atoms with E-state index in [0.717, 1.165) is 0 Å². The minimum absolute atomic E-state index is 0. The number of nitrogens with zero attached hydrogens (tertiary/aromatic N) is 2. The van der Waals surface area contributed by atoms with Crippen LogP contribution in [0.15, 0.2) is 61.2 Å².